The molecule has 0 aliphatic carbocycles. The quantitative estimate of drug-likeness (QED) is 0.335. The van der Waals surface area contributed by atoms with Crippen LogP contribution in [0.1, 0.15) is 49.7 Å². The van der Waals surface area contributed by atoms with E-state index in [-0.39, 0.29) is 25.6 Å². The predicted octanol–water partition coefficient (Wildman–Crippen LogP) is 4.55. The zero-order valence-corrected chi connectivity index (χ0v) is 18.8. The van der Waals surface area contributed by atoms with Crippen LogP contribution in [0.4, 0.5) is 0 Å². The number of unbranched alkanes of at least 4 members (excludes halogenated alkanes) is 4. The van der Waals surface area contributed by atoms with Crippen LogP contribution in [0.5, 0.6) is 0 Å². The Hall–Kier alpha value is -0.393. The van der Waals surface area contributed by atoms with Crippen molar-refractivity contribution >= 4 is 20.5 Å². The third-order valence-corrected chi connectivity index (χ3v) is 6.81. The van der Waals surface area contributed by atoms with E-state index >= 15 is 0 Å². The van der Waals surface area contributed by atoms with Gasteiger partial charge in [0.15, 0.2) is 0 Å². The first-order valence-electron chi connectivity index (χ1n) is 9.86. The maximum Gasteiger partial charge on any atom is 0.0633 e. The summed E-state index contributed by atoms with van der Waals surface area (Å²) in [6.45, 7) is 7.01. The van der Waals surface area contributed by atoms with Crippen LogP contribution in [-0.4, -0.2) is 37.0 Å². The van der Waals surface area contributed by atoms with Crippen molar-refractivity contribution in [3.05, 3.63) is 35.4 Å². The van der Waals surface area contributed by atoms with Crippen LogP contribution in [0.15, 0.2) is 24.3 Å². The Morgan fingerprint density at radius 3 is 1.77 bits per heavy atom. The van der Waals surface area contributed by atoms with E-state index in [0.29, 0.717) is 6.42 Å². The number of hydrogen-bond acceptors (Lipinski definition) is 3. The van der Waals surface area contributed by atoms with Gasteiger partial charge in [-0.1, -0.05) is 75.6 Å². The second-order valence-corrected chi connectivity index (χ2v) is 14.4. The minimum absolute atomic E-state index is 0. The van der Waals surface area contributed by atoms with Gasteiger partial charge in [-0.3, -0.25) is 0 Å². The maximum absolute atomic E-state index is 9.24. The lowest BCUT2D eigenvalue weighted by Gasteiger charge is -2.24. The van der Waals surface area contributed by atoms with Gasteiger partial charge in [0.25, 0.3) is 0 Å². The first-order chi connectivity index (χ1) is 11.8. The van der Waals surface area contributed by atoms with Gasteiger partial charge in [-0.15, -0.1) is 12.4 Å². The van der Waals surface area contributed by atoms with E-state index in [2.05, 4.69) is 43.9 Å². The molecule has 0 atom stereocenters. The first kappa shape index (κ1) is 25.6. The minimum Gasteiger partial charge on any atom is -0.394 e. The molecule has 0 bridgehead atoms. The highest BCUT2D eigenvalue weighted by Crippen LogP contribution is 2.17. The van der Waals surface area contributed by atoms with Gasteiger partial charge in [-0.25, -0.2) is 0 Å². The molecule has 0 amide bonds. The highest BCUT2D eigenvalue weighted by Gasteiger charge is 2.22. The molecule has 3 nitrogen and oxygen atoms in total. The summed E-state index contributed by atoms with van der Waals surface area (Å²) in [5, 5.41) is 18.5. The number of hydrogen-bond donors (Lipinski definition) is 3. The van der Waals surface area contributed by atoms with Gasteiger partial charge in [0.1, 0.15) is 0 Å². The maximum atomic E-state index is 9.24. The van der Waals surface area contributed by atoms with Gasteiger partial charge in [0.2, 0.25) is 0 Å². The molecule has 1 rings (SSSR count). The minimum atomic E-state index is -0.867. The van der Waals surface area contributed by atoms with E-state index in [1.54, 1.807) is 0 Å². The van der Waals surface area contributed by atoms with Gasteiger partial charge in [-0.2, -0.15) is 0 Å². The lowest BCUT2D eigenvalue weighted by Crippen LogP contribution is -2.47. The molecule has 0 aliphatic heterocycles. The predicted molar refractivity (Wildman–Crippen MR) is 118 cm³/mol. The molecule has 1 aromatic carbocycles. The second kappa shape index (κ2) is 12.9. The number of halogens is 1. The Morgan fingerprint density at radius 2 is 1.27 bits per heavy atom. The molecule has 0 aliphatic rings. The van der Waals surface area contributed by atoms with E-state index in [9.17, 15) is 10.2 Å². The molecular formula is C21H40ClNO2Si. The number of rotatable bonds is 13. The van der Waals surface area contributed by atoms with Crippen molar-refractivity contribution < 1.29 is 10.2 Å². The second-order valence-electron chi connectivity index (χ2n) is 8.82. The largest absolute Gasteiger partial charge is 0.394 e. The monoisotopic (exact) mass is 401 g/mol. The number of aliphatic hydroxyl groups is 2. The fourth-order valence-electron chi connectivity index (χ4n) is 2.99. The Morgan fingerprint density at radius 1 is 0.808 bits per heavy atom. The number of aryl methyl sites for hydroxylation is 2. The van der Waals surface area contributed by atoms with Crippen LogP contribution >= 0.6 is 12.4 Å². The van der Waals surface area contributed by atoms with Crippen molar-refractivity contribution in [2.45, 2.75) is 82.6 Å². The van der Waals surface area contributed by atoms with Crippen molar-refractivity contribution in [2.75, 3.05) is 13.2 Å². The highest BCUT2D eigenvalue weighted by atomic mass is 35.5. The van der Waals surface area contributed by atoms with Crippen LogP contribution in [0.25, 0.3) is 0 Å². The molecule has 5 heteroatoms. The molecular weight excluding hydrogens is 362 g/mol. The molecule has 0 spiro atoms. The Balaban J connectivity index is 0.00000625. The van der Waals surface area contributed by atoms with Gasteiger partial charge in [0.05, 0.1) is 18.8 Å². The van der Waals surface area contributed by atoms with E-state index in [4.69, 9.17) is 5.73 Å². The Kier molecular flexibility index (Phi) is 12.7. The fraction of sp³-hybridized carbons (Fsp3) is 0.714. The zero-order chi connectivity index (χ0) is 18.8. The summed E-state index contributed by atoms with van der Waals surface area (Å²) >= 11 is 0. The molecule has 4 N–H and O–H groups in total. The van der Waals surface area contributed by atoms with Gasteiger partial charge in [-0.05, 0) is 36.8 Å². The molecule has 0 saturated heterocycles. The molecule has 26 heavy (non-hydrogen) atoms. The summed E-state index contributed by atoms with van der Waals surface area (Å²) < 4.78 is 0. The van der Waals surface area contributed by atoms with Crippen molar-refractivity contribution in [1.82, 2.24) is 0 Å². The van der Waals surface area contributed by atoms with Crippen molar-refractivity contribution in [3.8, 4) is 0 Å². The van der Waals surface area contributed by atoms with Crippen molar-refractivity contribution in [2.24, 2.45) is 5.73 Å². The molecule has 0 heterocycles. The topological polar surface area (TPSA) is 66.5 Å². The number of aliphatic hydroxyl groups excluding tert-OH is 2. The third kappa shape index (κ3) is 11.3. The summed E-state index contributed by atoms with van der Waals surface area (Å²) in [7, 11) is -0.843. The van der Waals surface area contributed by atoms with E-state index in [1.165, 1.54) is 49.3 Å². The van der Waals surface area contributed by atoms with E-state index in [1.807, 2.05) is 0 Å². The fourth-order valence-corrected chi connectivity index (χ4v) is 4.30. The molecule has 0 saturated carbocycles. The van der Waals surface area contributed by atoms with Gasteiger partial charge in [0, 0.05) is 8.07 Å². The Labute approximate surface area is 167 Å². The van der Waals surface area contributed by atoms with Crippen LogP contribution in [0.3, 0.4) is 0 Å². The van der Waals surface area contributed by atoms with Crippen LogP contribution in [0.2, 0.25) is 25.7 Å². The molecule has 0 unspecified atom stereocenters. The average molecular weight is 402 g/mol. The number of benzene rings is 1. The lowest BCUT2D eigenvalue weighted by molar-refractivity contribution is 0.115. The molecule has 0 fully saturated rings. The standard InChI is InChI=1S/C21H39NO2Si.ClH/c1-25(2,3)16-8-6-4-5-7-9-19-10-12-20(13-11-19)14-15-21(22,17-23)18-24;/h10-13,23-24H,4-9,14-18,22H2,1-3H3;1H. The summed E-state index contributed by atoms with van der Waals surface area (Å²) in [5.41, 5.74) is 7.66. The SMILES string of the molecule is C[Si](C)(C)CCCCCCCc1ccc(CCC(N)(CO)CO)cc1.Cl. The lowest BCUT2D eigenvalue weighted by atomic mass is 9.93. The van der Waals surface area contributed by atoms with Crippen molar-refractivity contribution in [3.63, 3.8) is 0 Å². The van der Waals surface area contributed by atoms with Gasteiger partial charge >= 0.3 is 0 Å². The number of nitrogens with two attached hydrogens (primary N) is 1. The van der Waals surface area contributed by atoms with E-state index < -0.39 is 13.6 Å². The molecule has 1 aromatic rings. The third-order valence-electron chi connectivity index (χ3n) is 4.96. The first-order valence-corrected chi connectivity index (χ1v) is 13.6. The van der Waals surface area contributed by atoms with E-state index in [0.717, 1.165) is 12.8 Å². The molecule has 0 radical (unpaired) electrons. The van der Waals surface area contributed by atoms with Crippen molar-refractivity contribution in [1.29, 1.82) is 0 Å². The smallest absolute Gasteiger partial charge is 0.0633 e. The summed E-state index contributed by atoms with van der Waals surface area (Å²) in [6, 6.07) is 10.2. The normalized spacial score (nSPS) is 12.1. The van der Waals surface area contributed by atoms with Crippen LogP contribution in [-0.2, 0) is 12.8 Å². The molecule has 152 valence electrons. The van der Waals surface area contributed by atoms with Gasteiger partial charge < -0.3 is 15.9 Å². The Bertz CT molecular complexity index is 470. The summed E-state index contributed by atoms with van der Waals surface area (Å²) in [5.74, 6) is 0. The van der Waals surface area contributed by atoms with Crippen LogP contribution < -0.4 is 5.73 Å². The molecule has 0 aromatic heterocycles. The van der Waals surface area contributed by atoms with Crippen LogP contribution in [0, 0.1) is 0 Å². The summed E-state index contributed by atoms with van der Waals surface area (Å²) in [4.78, 5) is 0. The zero-order valence-electron chi connectivity index (χ0n) is 17.0. The summed E-state index contributed by atoms with van der Waals surface area (Å²) in [6.07, 6.45) is 9.30. The average Bonchev–Trinajstić information content (AvgIpc) is 2.59. The highest BCUT2D eigenvalue weighted by molar-refractivity contribution is 6.76.